The molecule has 41 heavy (non-hydrogen) atoms. The van der Waals surface area contributed by atoms with Crippen LogP contribution in [0.1, 0.15) is 35.1 Å². The summed E-state index contributed by atoms with van der Waals surface area (Å²) in [6.45, 7) is 1.04. The van der Waals surface area contributed by atoms with Gasteiger partial charge in [-0.15, -0.1) is 0 Å². The van der Waals surface area contributed by atoms with E-state index in [0.29, 0.717) is 25.3 Å². The molecule has 0 bridgehead atoms. The van der Waals surface area contributed by atoms with Crippen LogP contribution in [0, 0.1) is 11.8 Å². The van der Waals surface area contributed by atoms with E-state index in [2.05, 4.69) is 48.5 Å². The lowest BCUT2D eigenvalue weighted by atomic mass is 9.52. The van der Waals surface area contributed by atoms with Gasteiger partial charge in [-0.3, -0.25) is 4.79 Å². The van der Waals surface area contributed by atoms with E-state index in [4.69, 9.17) is 9.47 Å². The van der Waals surface area contributed by atoms with E-state index in [9.17, 15) is 9.90 Å². The minimum absolute atomic E-state index is 0.00905. The van der Waals surface area contributed by atoms with Gasteiger partial charge < -0.3 is 19.5 Å². The first-order chi connectivity index (χ1) is 20.0. The summed E-state index contributed by atoms with van der Waals surface area (Å²) in [7, 11) is 3.29. The minimum Gasteiger partial charge on any atom is -0.497 e. The van der Waals surface area contributed by atoms with Gasteiger partial charge in [-0.2, -0.15) is 0 Å². The van der Waals surface area contributed by atoms with Crippen LogP contribution in [0.5, 0.6) is 11.5 Å². The third kappa shape index (κ3) is 4.68. The van der Waals surface area contributed by atoms with Crippen molar-refractivity contribution in [1.82, 2.24) is 4.90 Å². The Kier molecular flexibility index (Phi) is 7.31. The van der Waals surface area contributed by atoms with Crippen molar-refractivity contribution in [2.75, 3.05) is 27.3 Å². The number of hydrogen-bond donors (Lipinski definition) is 1. The van der Waals surface area contributed by atoms with Crippen molar-refractivity contribution in [3.05, 3.63) is 131 Å². The Morgan fingerprint density at radius 1 is 0.780 bits per heavy atom. The highest BCUT2D eigenvalue weighted by molar-refractivity contribution is 5.79. The minimum atomic E-state index is -1.14. The highest BCUT2D eigenvalue weighted by Crippen LogP contribution is 2.60. The van der Waals surface area contributed by atoms with E-state index in [1.165, 1.54) is 11.1 Å². The maximum absolute atomic E-state index is 13.9. The first kappa shape index (κ1) is 27.1. The second kappa shape index (κ2) is 11.1. The molecule has 210 valence electrons. The number of amides is 1. The van der Waals surface area contributed by atoms with Gasteiger partial charge in [0.25, 0.3) is 0 Å². The average Bonchev–Trinajstić information content (AvgIpc) is 3.50. The number of carbonyl (C=O) groups excluding carboxylic acids is 1. The van der Waals surface area contributed by atoms with Gasteiger partial charge in [-0.05, 0) is 53.6 Å². The van der Waals surface area contributed by atoms with Gasteiger partial charge >= 0.3 is 0 Å². The van der Waals surface area contributed by atoms with Crippen molar-refractivity contribution in [1.29, 1.82) is 0 Å². The van der Waals surface area contributed by atoms with Crippen LogP contribution in [0.2, 0.25) is 0 Å². The van der Waals surface area contributed by atoms with E-state index >= 15 is 0 Å². The Morgan fingerprint density at radius 3 is 2.07 bits per heavy atom. The van der Waals surface area contributed by atoms with Crippen molar-refractivity contribution in [2.45, 2.75) is 30.3 Å². The first-order valence-electron chi connectivity index (χ1n) is 14.4. The molecule has 1 saturated heterocycles. The van der Waals surface area contributed by atoms with Crippen molar-refractivity contribution in [3.8, 4) is 11.5 Å². The highest BCUT2D eigenvalue weighted by atomic mass is 16.5. The predicted molar refractivity (Wildman–Crippen MR) is 160 cm³/mol. The predicted octanol–water partition coefficient (Wildman–Crippen LogP) is 5.99. The smallest absolute Gasteiger partial charge is 0.227 e. The lowest BCUT2D eigenvalue weighted by Crippen LogP contribution is -2.53. The van der Waals surface area contributed by atoms with Gasteiger partial charge in [-0.1, -0.05) is 91.0 Å². The molecule has 0 unspecified atom stereocenters. The Bertz CT molecular complexity index is 1470. The topological polar surface area (TPSA) is 59.0 Å². The summed E-state index contributed by atoms with van der Waals surface area (Å²) < 4.78 is 11.1. The number of nitrogens with zero attached hydrogens (tertiary/aromatic N) is 1. The number of methoxy groups -OCH3 is 2. The van der Waals surface area contributed by atoms with Crippen LogP contribution in [0.25, 0.3) is 0 Å². The molecule has 0 spiro atoms. The Balaban J connectivity index is 1.46. The molecule has 1 amide bonds. The van der Waals surface area contributed by atoms with Crippen LogP contribution in [-0.2, 0) is 22.2 Å². The number of benzene rings is 4. The third-order valence-corrected chi connectivity index (χ3v) is 9.46. The largest absolute Gasteiger partial charge is 0.497 e. The monoisotopic (exact) mass is 547 g/mol. The molecule has 1 N–H and O–H groups in total. The Morgan fingerprint density at radius 2 is 1.41 bits per heavy atom. The van der Waals surface area contributed by atoms with E-state index in [1.54, 1.807) is 14.2 Å². The van der Waals surface area contributed by atoms with E-state index in [-0.39, 0.29) is 29.6 Å². The molecule has 1 saturated carbocycles. The molecule has 1 aliphatic heterocycles. The molecule has 1 aliphatic carbocycles. The van der Waals surface area contributed by atoms with E-state index in [0.717, 1.165) is 23.3 Å². The van der Waals surface area contributed by atoms with Crippen molar-refractivity contribution >= 4 is 5.91 Å². The van der Waals surface area contributed by atoms with Crippen molar-refractivity contribution < 1.29 is 19.4 Å². The van der Waals surface area contributed by atoms with Crippen LogP contribution < -0.4 is 9.47 Å². The SMILES string of the molecule is COc1cccc(CC(=O)N2C[C@@H]3[C@H](C2)C(c2ccccc2)(c2ccccc2)CC[C@@]3(O)c2ccccc2OC)c1. The molecule has 5 nitrogen and oxygen atoms in total. The lowest BCUT2D eigenvalue weighted by molar-refractivity contribution is -0.130. The molecule has 1 heterocycles. The molecule has 2 fully saturated rings. The molecule has 3 atom stereocenters. The van der Waals surface area contributed by atoms with Crippen LogP contribution in [0.15, 0.2) is 109 Å². The zero-order valence-electron chi connectivity index (χ0n) is 23.7. The molecule has 2 aliphatic rings. The van der Waals surface area contributed by atoms with E-state index < -0.39 is 5.60 Å². The zero-order chi connectivity index (χ0) is 28.5. The van der Waals surface area contributed by atoms with Crippen LogP contribution in [-0.4, -0.2) is 43.2 Å². The Hall–Kier alpha value is -4.09. The number of ether oxygens (including phenoxy) is 2. The summed E-state index contributed by atoms with van der Waals surface area (Å²) in [6, 6.07) is 36.8. The maximum Gasteiger partial charge on any atom is 0.227 e. The number of aliphatic hydroxyl groups is 1. The van der Waals surface area contributed by atoms with E-state index in [1.807, 2.05) is 65.6 Å². The molecule has 6 rings (SSSR count). The maximum atomic E-state index is 13.9. The molecule has 0 aromatic heterocycles. The first-order valence-corrected chi connectivity index (χ1v) is 14.4. The van der Waals surface area contributed by atoms with Gasteiger partial charge in [-0.25, -0.2) is 0 Å². The van der Waals surface area contributed by atoms with Gasteiger partial charge in [0, 0.05) is 30.0 Å². The van der Waals surface area contributed by atoms with Gasteiger partial charge in [0.2, 0.25) is 5.91 Å². The number of hydrogen-bond acceptors (Lipinski definition) is 4. The fourth-order valence-electron chi connectivity index (χ4n) is 7.51. The fourth-order valence-corrected chi connectivity index (χ4v) is 7.51. The molecule has 0 radical (unpaired) electrons. The summed E-state index contributed by atoms with van der Waals surface area (Å²) in [6.07, 6.45) is 1.58. The number of carbonyl (C=O) groups is 1. The molecular weight excluding hydrogens is 510 g/mol. The highest BCUT2D eigenvalue weighted by Gasteiger charge is 2.61. The average molecular weight is 548 g/mol. The molecule has 4 aromatic rings. The molecule has 4 aromatic carbocycles. The van der Waals surface area contributed by atoms with Gasteiger partial charge in [0.15, 0.2) is 0 Å². The number of para-hydroxylation sites is 1. The molecule has 5 heteroatoms. The summed E-state index contributed by atoms with van der Waals surface area (Å²) in [5.41, 5.74) is 2.67. The lowest BCUT2D eigenvalue weighted by Gasteiger charge is -2.53. The van der Waals surface area contributed by atoms with Crippen LogP contribution in [0.4, 0.5) is 0 Å². The van der Waals surface area contributed by atoms with Gasteiger partial charge in [0.1, 0.15) is 11.5 Å². The summed E-state index contributed by atoms with van der Waals surface area (Å²) >= 11 is 0. The Labute approximate surface area is 242 Å². The summed E-state index contributed by atoms with van der Waals surface area (Å²) in [5.74, 6) is 1.28. The standard InChI is InChI=1S/C36H37NO4/c1-40-29-17-11-12-26(22-29)23-34(38)37-24-31-32(25-37)36(39,30-18-9-10-19-33(30)41-2)21-20-35(31,27-13-5-3-6-14-27)28-15-7-4-8-16-28/h3-19,22,31-32,39H,20-21,23-25H2,1-2H3/t31-,32+,36+/m0/s1. The normalized spacial score (nSPS) is 23.0. The fraction of sp³-hybridized carbons (Fsp3) is 0.306. The second-order valence-electron chi connectivity index (χ2n) is 11.4. The third-order valence-electron chi connectivity index (χ3n) is 9.46. The summed E-state index contributed by atoms with van der Waals surface area (Å²) in [5, 5.41) is 12.7. The van der Waals surface area contributed by atoms with Gasteiger partial charge in [0.05, 0.1) is 26.2 Å². The number of fused-ring (bicyclic) bond motifs is 1. The quantitative estimate of drug-likeness (QED) is 0.309. The number of rotatable bonds is 7. The molecular formula is C36H37NO4. The zero-order valence-corrected chi connectivity index (χ0v) is 23.7. The number of likely N-dealkylation sites (tertiary alicyclic amines) is 1. The van der Waals surface area contributed by atoms with Crippen LogP contribution in [0.3, 0.4) is 0 Å². The van der Waals surface area contributed by atoms with Crippen LogP contribution >= 0.6 is 0 Å². The van der Waals surface area contributed by atoms with Crippen molar-refractivity contribution in [2.24, 2.45) is 11.8 Å². The van der Waals surface area contributed by atoms with Crippen molar-refractivity contribution in [3.63, 3.8) is 0 Å². The second-order valence-corrected chi connectivity index (χ2v) is 11.4. The summed E-state index contributed by atoms with van der Waals surface area (Å²) in [4.78, 5) is 15.9.